The Morgan fingerprint density at radius 2 is 2.00 bits per heavy atom. The van der Waals surface area contributed by atoms with Crippen LogP contribution in [-0.2, 0) is 6.61 Å². The molecule has 0 unspecified atom stereocenters. The topological polar surface area (TPSA) is 93.9 Å². The Balaban J connectivity index is 1.81. The molecule has 0 atom stereocenters. The van der Waals surface area contributed by atoms with Crippen LogP contribution in [0, 0.1) is 11.6 Å². The minimum atomic E-state index is -0.710. The van der Waals surface area contributed by atoms with Gasteiger partial charge in [0, 0.05) is 17.2 Å². The van der Waals surface area contributed by atoms with E-state index in [1.807, 2.05) is 0 Å². The summed E-state index contributed by atoms with van der Waals surface area (Å²) in [6.07, 6.45) is 0. The van der Waals surface area contributed by atoms with Crippen molar-refractivity contribution in [1.82, 2.24) is 15.4 Å². The standard InChI is InChI=1S/C16H12F2N4O2/c17-11-5-4-10(13(18)7-11)8-24-12-3-1-2-9(6-12)14-15(16(19)23)21-22-20-14/h1-7H,8H2,(H2,19,23)(H,20,21,22). The number of carbonyl (C=O) groups is 1. The highest BCUT2D eigenvalue weighted by Gasteiger charge is 2.15. The Bertz CT molecular complexity index is 895. The van der Waals surface area contributed by atoms with Crippen molar-refractivity contribution in [1.29, 1.82) is 0 Å². The first-order chi connectivity index (χ1) is 11.5. The van der Waals surface area contributed by atoms with Gasteiger partial charge in [-0.25, -0.2) is 8.78 Å². The molecule has 3 rings (SSSR count). The molecule has 2 aromatic carbocycles. The van der Waals surface area contributed by atoms with Crippen LogP contribution in [0.3, 0.4) is 0 Å². The average molecular weight is 330 g/mol. The lowest BCUT2D eigenvalue weighted by molar-refractivity contribution is 0.0996. The van der Waals surface area contributed by atoms with Crippen molar-refractivity contribution >= 4 is 5.91 Å². The zero-order chi connectivity index (χ0) is 17.1. The molecule has 1 amide bonds. The van der Waals surface area contributed by atoms with Crippen LogP contribution in [0.4, 0.5) is 8.78 Å². The van der Waals surface area contributed by atoms with Crippen LogP contribution in [0.2, 0.25) is 0 Å². The van der Waals surface area contributed by atoms with Crippen molar-refractivity contribution < 1.29 is 18.3 Å². The van der Waals surface area contributed by atoms with Crippen molar-refractivity contribution in [3.05, 3.63) is 65.4 Å². The highest BCUT2D eigenvalue weighted by molar-refractivity contribution is 5.96. The predicted molar refractivity (Wildman–Crippen MR) is 81.0 cm³/mol. The second-order valence-electron chi connectivity index (χ2n) is 4.94. The lowest BCUT2D eigenvalue weighted by atomic mass is 10.1. The molecule has 0 radical (unpaired) electrons. The molecule has 0 saturated heterocycles. The van der Waals surface area contributed by atoms with Gasteiger partial charge in [-0.1, -0.05) is 12.1 Å². The lowest BCUT2D eigenvalue weighted by Crippen LogP contribution is -2.12. The van der Waals surface area contributed by atoms with Crippen LogP contribution >= 0.6 is 0 Å². The lowest BCUT2D eigenvalue weighted by Gasteiger charge is -2.08. The van der Waals surface area contributed by atoms with Crippen LogP contribution in [0.5, 0.6) is 5.75 Å². The van der Waals surface area contributed by atoms with Gasteiger partial charge in [-0.2, -0.15) is 15.4 Å². The first-order valence-electron chi connectivity index (χ1n) is 6.92. The quantitative estimate of drug-likeness (QED) is 0.751. The Kier molecular flexibility index (Phi) is 4.19. The smallest absolute Gasteiger partial charge is 0.271 e. The van der Waals surface area contributed by atoms with E-state index >= 15 is 0 Å². The van der Waals surface area contributed by atoms with Crippen LogP contribution in [0.15, 0.2) is 42.5 Å². The Morgan fingerprint density at radius 1 is 1.17 bits per heavy atom. The summed E-state index contributed by atoms with van der Waals surface area (Å²) in [5.74, 6) is -1.62. The van der Waals surface area contributed by atoms with E-state index in [0.717, 1.165) is 12.1 Å². The molecule has 8 heteroatoms. The van der Waals surface area contributed by atoms with Crippen molar-refractivity contribution in [3.8, 4) is 17.0 Å². The molecule has 0 saturated carbocycles. The Hall–Kier alpha value is -3.29. The molecule has 0 aliphatic heterocycles. The van der Waals surface area contributed by atoms with Gasteiger partial charge >= 0.3 is 0 Å². The molecule has 0 aliphatic carbocycles. The van der Waals surface area contributed by atoms with E-state index in [1.54, 1.807) is 24.3 Å². The molecule has 3 aromatic rings. The molecule has 1 heterocycles. The molecule has 0 spiro atoms. The molecule has 3 N–H and O–H groups in total. The molecule has 122 valence electrons. The second-order valence-corrected chi connectivity index (χ2v) is 4.94. The number of rotatable bonds is 5. The van der Waals surface area contributed by atoms with Gasteiger partial charge in [-0.05, 0) is 24.3 Å². The van der Waals surface area contributed by atoms with Gasteiger partial charge in [-0.3, -0.25) is 4.79 Å². The maximum atomic E-state index is 13.6. The summed E-state index contributed by atoms with van der Waals surface area (Å²) in [5.41, 5.74) is 6.32. The summed E-state index contributed by atoms with van der Waals surface area (Å²) in [6.45, 7) is -0.0724. The third-order valence-corrected chi connectivity index (χ3v) is 3.30. The van der Waals surface area contributed by atoms with Crippen molar-refractivity contribution in [2.45, 2.75) is 6.61 Å². The fraction of sp³-hybridized carbons (Fsp3) is 0.0625. The number of ether oxygens (including phenoxy) is 1. The third kappa shape index (κ3) is 3.22. The maximum absolute atomic E-state index is 13.6. The maximum Gasteiger partial charge on any atom is 0.271 e. The van der Waals surface area contributed by atoms with Crippen molar-refractivity contribution in [2.75, 3.05) is 0 Å². The number of nitrogens with two attached hydrogens (primary N) is 1. The van der Waals surface area contributed by atoms with Crippen LogP contribution < -0.4 is 10.5 Å². The number of carbonyl (C=O) groups excluding carboxylic acids is 1. The van der Waals surface area contributed by atoms with E-state index in [0.29, 0.717) is 17.0 Å². The Morgan fingerprint density at radius 3 is 2.75 bits per heavy atom. The number of primary amides is 1. The fourth-order valence-corrected chi connectivity index (χ4v) is 2.14. The van der Waals surface area contributed by atoms with Crippen LogP contribution in [0.1, 0.15) is 16.1 Å². The van der Waals surface area contributed by atoms with Crippen LogP contribution in [-0.4, -0.2) is 21.3 Å². The molecular formula is C16H12F2N4O2. The van der Waals surface area contributed by atoms with Gasteiger partial charge in [0.1, 0.15) is 29.7 Å². The first kappa shape index (κ1) is 15.6. The summed E-state index contributed by atoms with van der Waals surface area (Å²) in [4.78, 5) is 11.3. The van der Waals surface area contributed by atoms with E-state index in [1.165, 1.54) is 6.07 Å². The molecule has 0 aliphatic rings. The van der Waals surface area contributed by atoms with E-state index in [4.69, 9.17) is 10.5 Å². The second kappa shape index (κ2) is 6.45. The van der Waals surface area contributed by atoms with Crippen LogP contribution in [0.25, 0.3) is 11.3 Å². The predicted octanol–water partition coefficient (Wildman–Crippen LogP) is 2.43. The summed E-state index contributed by atoms with van der Waals surface area (Å²) in [6, 6.07) is 9.94. The van der Waals surface area contributed by atoms with E-state index < -0.39 is 17.5 Å². The molecule has 1 aromatic heterocycles. The van der Waals surface area contributed by atoms with Gasteiger partial charge in [0.05, 0.1) is 0 Å². The first-order valence-corrected chi connectivity index (χ1v) is 6.92. The molecule has 24 heavy (non-hydrogen) atoms. The SMILES string of the molecule is NC(=O)c1n[nH]nc1-c1cccc(OCc2ccc(F)cc2F)c1. The normalized spacial score (nSPS) is 10.6. The average Bonchev–Trinajstić information content (AvgIpc) is 3.04. The Labute approximate surface area is 135 Å². The number of H-pyrrole nitrogens is 1. The van der Waals surface area contributed by atoms with E-state index in [2.05, 4.69) is 15.4 Å². The largest absolute Gasteiger partial charge is 0.489 e. The minimum absolute atomic E-state index is 0.0109. The highest BCUT2D eigenvalue weighted by Crippen LogP contribution is 2.24. The number of nitrogens with zero attached hydrogens (tertiary/aromatic N) is 2. The molecule has 6 nitrogen and oxygen atoms in total. The van der Waals surface area contributed by atoms with Gasteiger partial charge < -0.3 is 10.5 Å². The third-order valence-electron chi connectivity index (χ3n) is 3.30. The molecule has 0 bridgehead atoms. The van der Waals surface area contributed by atoms with Crippen molar-refractivity contribution in [2.24, 2.45) is 5.73 Å². The van der Waals surface area contributed by atoms with Gasteiger partial charge in [0.15, 0.2) is 5.69 Å². The summed E-state index contributed by atoms with van der Waals surface area (Å²) >= 11 is 0. The number of hydrogen-bond donors (Lipinski definition) is 2. The van der Waals surface area contributed by atoms with E-state index in [-0.39, 0.29) is 17.9 Å². The van der Waals surface area contributed by atoms with E-state index in [9.17, 15) is 13.6 Å². The van der Waals surface area contributed by atoms with Gasteiger partial charge in [0.25, 0.3) is 5.91 Å². The monoisotopic (exact) mass is 330 g/mol. The minimum Gasteiger partial charge on any atom is -0.489 e. The zero-order valence-corrected chi connectivity index (χ0v) is 12.3. The number of hydrogen-bond acceptors (Lipinski definition) is 4. The van der Waals surface area contributed by atoms with Gasteiger partial charge in [0.2, 0.25) is 0 Å². The molecule has 0 fully saturated rings. The zero-order valence-electron chi connectivity index (χ0n) is 12.3. The van der Waals surface area contributed by atoms with Crippen molar-refractivity contribution in [3.63, 3.8) is 0 Å². The van der Waals surface area contributed by atoms with Gasteiger partial charge in [-0.15, -0.1) is 0 Å². The number of nitrogens with one attached hydrogen (secondary N) is 1. The summed E-state index contributed by atoms with van der Waals surface area (Å²) in [7, 11) is 0. The number of aromatic amines is 1. The number of amides is 1. The number of aromatic nitrogens is 3. The summed E-state index contributed by atoms with van der Waals surface area (Å²) in [5, 5.41) is 9.94. The highest BCUT2D eigenvalue weighted by atomic mass is 19.1. The molecular weight excluding hydrogens is 318 g/mol. The number of benzene rings is 2. The number of halogens is 2. The summed E-state index contributed by atoms with van der Waals surface area (Å²) < 4.78 is 32.0. The fourth-order valence-electron chi connectivity index (χ4n) is 2.14.